The van der Waals surface area contributed by atoms with Gasteiger partial charge in [-0.2, -0.15) is 0 Å². The first-order valence-corrected chi connectivity index (χ1v) is 9.61. The van der Waals surface area contributed by atoms with E-state index >= 15 is 0 Å². The summed E-state index contributed by atoms with van der Waals surface area (Å²) >= 11 is 6.92. The molecule has 0 bridgehead atoms. The number of aromatic amines is 1. The zero-order valence-electron chi connectivity index (χ0n) is 14.1. The quantitative estimate of drug-likeness (QED) is 0.465. The van der Waals surface area contributed by atoms with Gasteiger partial charge in [0.25, 0.3) is 0 Å². The highest BCUT2D eigenvalue weighted by molar-refractivity contribution is 9.11. The summed E-state index contributed by atoms with van der Waals surface area (Å²) in [6.07, 6.45) is 2.26. The Balaban J connectivity index is 1.79. The smallest absolute Gasteiger partial charge is 0.321 e. The van der Waals surface area contributed by atoms with Gasteiger partial charge in [0.1, 0.15) is 11.8 Å². The van der Waals surface area contributed by atoms with E-state index in [4.69, 9.17) is 4.74 Å². The highest BCUT2D eigenvalue weighted by atomic mass is 79.9. The monoisotopic (exact) mass is 480 g/mol. The number of H-pyrrole nitrogens is 1. The second-order valence-corrected chi connectivity index (χ2v) is 7.69. The van der Waals surface area contributed by atoms with E-state index in [9.17, 15) is 9.90 Å². The van der Waals surface area contributed by atoms with Crippen LogP contribution in [0.15, 0.2) is 51.5 Å². The molecule has 3 rings (SSSR count). The summed E-state index contributed by atoms with van der Waals surface area (Å²) in [4.78, 5) is 14.9. The molecule has 3 N–H and O–H groups in total. The molecule has 0 unspecified atom stereocenters. The summed E-state index contributed by atoms with van der Waals surface area (Å²) in [6, 6.07) is 11.0. The molecule has 0 aliphatic heterocycles. The van der Waals surface area contributed by atoms with Crippen molar-refractivity contribution in [3.8, 4) is 5.75 Å². The Kier molecular flexibility index (Phi) is 6.01. The van der Waals surface area contributed by atoms with Crippen molar-refractivity contribution in [3.63, 3.8) is 0 Å². The summed E-state index contributed by atoms with van der Waals surface area (Å²) in [6.45, 7) is 0.376. The van der Waals surface area contributed by atoms with Crippen molar-refractivity contribution >= 4 is 48.7 Å². The van der Waals surface area contributed by atoms with Crippen molar-refractivity contribution in [3.05, 3.63) is 62.7 Å². The Morgan fingerprint density at radius 1 is 1.27 bits per heavy atom. The van der Waals surface area contributed by atoms with E-state index in [1.54, 1.807) is 7.11 Å². The molecule has 0 amide bonds. The van der Waals surface area contributed by atoms with Gasteiger partial charge in [-0.25, -0.2) is 0 Å². The summed E-state index contributed by atoms with van der Waals surface area (Å²) in [5.41, 5.74) is 2.85. The van der Waals surface area contributed by atoms with Crippen molar-refractivity contribution in [1.82, 2.24) is 10.3 Å². The lowest BCUT2D eigenvalue weighted by Crippen LogP contribution is -2.38. The van der Waals surface area contributed by atoms with Gasteiger partial charge in [0, 0.05) is 40.1 Å². The van der Waals surface area contributed by atoms with Gasteiger partial charge in [-0.15, -0.1) is 0 Å². The molecule has 136 valence electrons. The number of methoxy groups -OCH3 is 1. The first-order chi connectivity index (χ1) is 12.5. The van der Waals surface area contributed by atoms with Crippen molar-refractivity contribution < 1.29 is 14.6 Å². The lowest BCUT2D eigenvalue weighted by Gasteiger charge is -2.17. The van der Waals surface area contributed by atoms with Crippen molar-refractivity contribution in [2.24, 2.45) is 0 Å². The molecular weight excluding hydrogens is 464 g/mol. The van der Waals surface area contributed by atoms with Crippen LogP contribution in [0.1, 0.15) is 11.1 Å². The lowest BCUT2D eigenvalue weighted by atomic mass is 10.0. The number of ether oxygens (including phenoxy) is 1. The molecule has 1 atom stereocenters. The SMILES string of the molecule is COc1c(Br)cc(Br)cc1CN[C@H](Cc1c[nH]c2ccccc12)C(=O)O. The van der Waals surface area contributed by atoms with Crippen LogP contribution >= 0.6 is 31.9 Å². The van der Waals surface area contributed by atoms with Crippen LogP contribution in [0.2, 0.25) is 0 Å². The summed E-state index contributed by atoms with van der Waals surface area (Å²) in [7, 11) is 1.60. The summed E-state index contributed by atoms with van der Waals surface area (Å²) in [5.74, 6) is -0.194. The van der Waals surface area contributed by atoms with Crippen LogP contribution in [0.5, 0.6) is 5.75 Å². The van der Waals surface area contributed by atoms with Gasteiger partial charge in [0.15, 0.2) is 0 Å². The Morgan fingerprint density at radius 3 is 2.77 bits per heavy atom. The number of aromatic nitrogens is 1. The number of carboxylic acids is 1. The van der Waals surface area contributed by atoms with Crippen LogP contribution in [0.3, 0.4) is 0 Å². The molecule has 0 saturated heterocycles. The van der Waals surface area contributed by atoms with Gasteiger partial charge in [0.05, 0.1) is 11.6 Å². The normalized spacial score (nSPS) is 12.3. The number of para-hydroxylation sites is 1. The molecule has 0 aliphatic rings. The first-order valence-electron chi connectivity index (χ1n) is 8.02. The van der Waals surface area contributed by atoms with E-state index < -0.39 is 12.0 Å². The standard InChI is InChI=1S/C19H18Br2N2O3/c1-26-18-12(6-13(20)8-15(18)21)10-23-17(19(24)25)7-11-9-22-16-5-3-2-4-14(11)16/h2-6,8-9,17,22-23H,7,10H2,1H3,(H,24,25)/t17-/m1/s1. The molecular formula is C19H18Br2N2O3. The highest BCUT2D eigenvalue weighted by Gasteiger charge is 2.20. The average Bonchev–Trinajstić information content (AvgIpc) is 3.01. The molecule has 26 heavy (non-hydrogen) atoms. The Hall–Kier alpha value is -1.83. The maximum absolute atomic E-state index is 11.7. The van der Waals surface area contributed by atoms with Crippen LogP contribution in [-0.2, 0) is 17.8 Å². The number of halogens is 2. The third-order valence-electron chi connectivity index (χ3n) is 4.23. The molecule has 0 fully saturated rings. The fourth-order valence-corrected chi connectivity index (χ4v) is 4.45. The minimum atomic E-state index is -0.886. The van der Waals surface area contributed by atoms with Gasteiger partial charge in [-0.3, -0.25) is 10.1 Å². The number of rotatable bonds is 7. The molecule has 0 spiro atoms. The van der Waals surface area contributed by atoms with Gasteiger partial charge in [-0.05, 0) is 39.7 Å². The van der Waals surface area contributed by atoms with Crippen molar-refractivity contribution in [2.45, 2.75) is 19.0 Å². The molecule has 2 aromatic carbocycles. The van der Waals surface area contributed by atoms with Crippen LogP contribution in [-0.4, -0.2) is 29.2 Å². The Bertz CT molecular complexity index is 940. The molecule has 7 heteroatoms. The number of benzene rings is 2. The van der Waals surface area contributed by atoms with Crippen LogP contribution < -0.4 is 10.1 Å². The number of hydrogen-bond acceptors (Lipinski definition) is 3. The zero-order chi connectivity index (χ0) is 18.7. The van der Waals surface area contributed by atoms with E-state index in [1.165, 1.54) is 0 Å². The molecule has 5 nitrogen and oxygen atoms in total. The van der Waals surface area contributed by atoms with E-state index in [0.29, 0.717) is 18.7 Å². The topological polar surface area (TPSA) is 74.3 Å². The fourth-order valence-electron chi connectivity index (χ4n) is 2.97. The number of carboxylic acid groups (broad SMARTS) is 1. The predicted octanol–water partition coefficient (Wildman–Crippen LogP) is 4.49. The summed E-state index contributed by atoms with van der Waals surface area (Å²) in [5, 5.41) is 13.8. The minimum Gasteiger partial charge on any atom is -0.495 e. The van der Waals surface area contributed by atoms with Gasteiger partial charge >= 0.3 is 5.97 Å². The Labute approximate surface area is 168 Å². The highest BCUT2D eigenvalue weighted by Crippen LogP contribution is 2.32. The number of fused-ring (bicyclic) bond motifs is 1. The molecule has 1 heterocycles. The lowest BCUT2D eigenvalue weighted by molar-refractivity contribution is -0.139. The van der Waals surface area contributed by atoms with Crippen molar-refractivity contribution in [2.75, 3.05) is 7.11 Å². The predicted molar refractivity (Wildman–Crippen MR) is 109 cm³/mol. The zero-order valence-corrected chi connectivity index (χ0v) is 17.2. The van der Waals surface area contributed by atoms with Crippen LogP contribution in [0, 0.1) is 0 Å². The number of hydrogen-bond donors (Lipinski definition) is 3. The molecule has 0 aliphatic carbocycles. The minimum absolute atomic E-state index is 0.376. The first kappa shape index (κ1) is 18.9. The van der Waals surface area contributed by atoms with E-state index in [-0.39, 0.29) is 0 Å². The molecule has 3 aromatic rings. The average molecular weight is 482 g/mol. The van der Waals surface area contributed by atoms with Crippen molar-refractivity contribution in [1.29, 1.82) is 0 Å². The second-order valence-electron chi connectivity index (χ2n) is 5.92. The number of carbonyl (C=O) groups is 1. The van der Waals surface area contributed by atoms with Gasteiger partial charge in [0.2, 0.25) is 0 Å². The second kappa shape index (κ2) is 8.24. The third-order valence-corrected chi connectivity index (χ3v) is 5.27. The maximum atomic E-state index is 11.7. The van der Waals surface area contributed by atoms with E-state index in [0.717, 1.165) is 31.0 Å². The Morgan fingerprint density at radius 2 is 2.04 bits per heavy atom. The summed E-state index contributed by atoms with van der Waals surface area (Å²) < 4.78 is 7.14. The van der Waals surface area contributed by atoms with E-state index in [1.807, 2.05) is 42.6 Å². The fraction of sp³-hybridized carbons (Fsp3) is 0.211. The van der Waals surface area contributed by atoms with E-state index in [2.05, 4.69) is 42.2 Å². The van der Waals surface area contributed by atoms with Crippen LogP contribution in [0.4, 0.5) is 0 Å². The number of aliphatic carboxylic acids is 1. The molecule has 1 aromatic heterocycles. The number of nitrogens with one attached hydrogen (secondary N) is 2. The largest absolute Gasteiger partial charge is 0.495 e. The third kappa shape index (κ3) is 4.11. The van der Waals surface area contributed by atoms with Gasteiger partial charge < -0.3 is 14.8 Å². The van der Waals surface area contributed by atoms with Gasteiger partial charge in [-0.1, -0.05) is 34.1 Å². The van der Waals surface area contributed by atoms with Crippen LogP contribution in [0.25, 0.3) is 10.9 Å². The molecule has 0 radical (unpaired) electrons. The maximum Gasteiger partial charge on any atom is 0.321 e. The molecule has 0 saturated carbocycles.